The van der Waals surface area contributed by atoms with Crippen LogP contribution in [0.3, 0.4) is 0 Å². The maximum Gasteiger partial charge on any atom is 0.263 e. The molecule has 1 N–H and O–H groups in total. The average Bonchev–Trinajstić information content (AvgIpc) is 2.98. The van der Waals surface area contributed by atoms with Crippen molar-refractivity contribution < 1.29 is 9.59 Å². The predicted molar refractivity (Wildman–Crippen MR) is 99.0 cm³/mol. The van der Waals surface area contributed by atoms with E-state index >= 15 is 0 Å². The van der Waals surface area contributed by atoms with E-state index in [-0.39, 0.29) is 11.8 Å². The molecule has 1 fully saturated rings. The van der Waals surface area contributed by atoms with Gasteiger partial charge in [0.05, 0.1) is 10.7 Å². The quantitative estimate of drug-likeness (QED) is 0.913. The topological polar surface area (TPSA) is 62.3 Å². The van der Waals surface area contributed by atoms with Crippen LogP contribution in [0.2, 0.25) is 0 Å². The second-order valence-corrected chi connectivity index (χ2v) is 7.59. The Morgan fingerprint density at radius 3 is 2.64 bits per heavy atom. The highest BCUT2D eigenvalue weighted by Gasteiger charge is 2.18. The molecule has 0 radical (unpaired) electrons. The van der Waals surface area contributed by atoms with Crippen LogP contribution in [0.4, 0.5) is 0 Å². The van der Waals surface area contributed by atoms with E-state index in [2.05, 4.69) is 10.3 Å². The summed E-state index contributed by atoms with van der Waals surface area (Å²) < 4.78 is 0. The third-order valence-corrected chi connectivity index (χ3v) is 5.45. The van der Waals surface area contributed by atoms with Crippen molar-refractivity contribution in [2.24, 2.45) is 0 Å². The fraction of sp³-hybridized carbons (Fsp3) is 0.421. The zero-order valence-corrected chi connectivity index (χ0v) is 15.5. The number of nitrogens with one attached hydrogen (secondary N) is 1. The van der Waals surface area contributed by atoms with Crippen molar-refractivity contribution in [1.82, 2.24) is 15.2 Å². The molecule has 25 heavy (non-hydrogen) atoms. The summed E-state index contributed by atoms with van der Waals surface area (Å²) in [6.45, 7) is 5.81. The first kappa shape index (κ1) is 17.6. The molecule has 2 heterocycles. The van der Waals surface area contributed by atoms with E-state index < -0.39 is 0 Å². The summed E-state index contributed by atoms with van der Waals surface area (Å²) in [6, 6.07) is 7.53. The number of benzene rings is 1. The van der Waals surface area contributed by atoms with E-state index in [0.29, 0.717) is 17.0 Å². The number of carbonyl (C=O) groups is 2. The summed E-state index contributed by atoms with van der Waals surface area (Å²) in [7, 11) is 0. The molecule has 1 aliphatic rings. The molecule has 6 heteroatoms. The van der Waals surface area contributed by atoms with Gasteiger partial charge in [0.2, 0.25) is 0 Å². The van der Waals surface area contributed by atoms with Crippen LogP contribution in [0.1, 0.15) is 55.6 Å². The first-order chi connectivity index (χ1) is 12.0. The van der Waals surface area contributed by atoms with E-state index in [1.54, 1.807) is 0 Å². The first-order valence-corrected chi connectivity index (χ1v) is 9.46. The van der Waals surface area contributed by atoms with Gasteiger partial charge in [-0.05, 0) is 50.8 Å². The molecule has 132 valence electrons. The molecule has 1 aromatic carbocycles. The second kappa shape index (κ2) is 7.78. The van der Waals surface area contributed by atoms with Crippen molar-refractivity contribution in [3.05, 3.63) is 51.0 Å². The summed E-state index contributed by atoms with van der Waals surface area (Å²) in [5, 5.41) is 3.81. The number of amides is 2. The summed E-state index contributed by atoms with van der Waals surface area (Å²) in [5.41, 5.74) is 2.38. The Labute approximate surface area is 152 Å². The summed E-state index contributed by atoms with van der Waals surface area (Å²) >= 11 is 1.40. The number of aryl methyl sites for hydroxylation is 2. The molecule has 5 nitrogen and oxygen atoms in total. The van der Waals surface area contributed by atoms with Gasteiger partial charge in [-0.25, -0.2) is 4.98 Å². The van der Waals surface area contributed by atoms with E-state index in [0.717, 1.165) is 42.2 Å². The molecule has 1 aromatic heterocycles. The summed E-state index contributed by atoms with van der Waals surface area (Å²) in [6.07, 6.45) is 3.36. The second-order valence-electron chi connectivity index (χ2n) is 6.38. The third kappa shape index (κ3) is 4.25. The number of hydrogen-bond donors (Lipinski definition) is 1. The fourth-order valence-corrected chi connectivity index (χ4v) is 3.93. The van der Waals surface area contributed by atoms with Gasteiger partial charge in [-0.15, -0.1) is 11.3 Å². The van der Waals surface area contributed by atoms with Crippen molar-refractivity contribution in [2.45, 2.75) is 39.7 Å². The van der Waals surface area contributed by atoms with Crippen molar-refractivity contribution in [3.63, 3.8) is 0 Å². The molecule has 0 aliphatic carbocycles. The van der Waals surface area contributed by atoms with E-state index in [1.807, 2.05) is 43.0 Å². The molecule has 0 unspecified atom stereocenters. The Hall–Kier alpha value is -2.21. The van der Waals surface area contributed by atoms with Gasteiger partial charge in [0.25, 0.3) is 11.8 Å². The number of piperidine rings is 1. The summed E-state index contributed by atoms with van der Waals surface area (Å²) in [5.74, 6) is -0.0299. The average molecular weight is 357 g/mol. The Kier molecular flexibility index (Phi) is 5.48. The van der Waals surface area contributed by atoms with E-state index in [4.69, 9.17) is 0 Å². The van der Waals surface area contributed by atoms with E-state index in [1.165, 1.54) is 17.8 Å². The largest absolute Gasteiger partial charge is 0.347 e. The van der Waals surface area contributed by atoms with Crippen LogP contribution in [-0.4, -0.2) is 34.8 Å². The van der Waals surface area contributed by atoms with Crippen molar-refractivity contribution in [1.29, 1.82) is 0 Å². The van der Waals surface area contributed by atoms with Crippen molar-refractivity contribution in [3.8, 4) is 0 Å². The van der Waals surface area contributed by atoms with Gasteiger partial charge in [0.15, 0.2) is 0 Å². The third-order valence-electron chi connectivity index (χ3n) is 4.38. The normalized spacial score (nSPS) is 14.4. The van der Waals surface area contributed by atoms with Crippen LogP contribution in [0.25, 0.3) is 0 Å². The lowest BCUT2D eigenvalue weighted by molar-refractivity contribution is 0.0724. The van der Waals surface area contributed by atoms with E-state index in [9.17, 15) is 9.59 Å². The van der Waals surface area contributed by atoms with Gasteiger partial charge in [-0.1, -0.05) is 12.1 Å². The molecule has 0 spiro atoms. The van der Waals surface area contributed by atoms with Crippen LogP contribution < -0.4 is 5.32 Å². The summed E-state index contributed by atoms with van der Waals surface area (Å²) in [4.78, 5) is 31.7. The van der Waals surface area contributed by atoms with Crippen molar-refractivity contribution in [2.75, 3.05) is 13.1 Å². The standard InChI is InChI=1S/C19H23N3O2S/c1-13-17(25-14(2)21-13)18(23)20-12-15-7-6-8-16(11-15)19(24)22-9-4-3-5-10-22/h6-8,11H,3-5,9-10,12H2,1-2H3,(H,20,23). The minimum Gasteiger partial charge on any atom is -0.347 e. The SMILES string of the molecule is Cc1nc(C)c(C(=O)NCc2cccc(C(=O)N3CCCCC3)c2)s1. The zero-order valence-electron chi connectivity index (χ0n) is 14.7. The highest BCUT2D eigenvalue weighted by molar-refractivity contribution is 7.13. The van der Waals surface area contributed by atoms with Crippen LogP contribution in [0.15, 0.2) is 24.3 Å². The van der Waals surface area contributed by atoms with Gasteiger partial charge < -0.3 is 10.2 Å². The smallest absolute Gasteiger partial charge is 0.263 e. The predicted octanol–water partition coefficient (Wildman–Crippen LogP) is 3.32. The monoisotopic (exact) mass is 357 g/mol. The maximum absolute atomic E-state index is 12.6. The lowest BCUT2D eigenvalue weighted by Crippen LogP contribution is -2.35. The molecule has 2 amide bonds. The Balaban J connectivity index is 1.64. The van der Waals surface area contributed by atoms with Gasteiger partial charge in [-0.2, -0.15) is 0 Å². The van der Waals surface area contributed by atoms with Gasteiger partial charge in [0, 0.05) is 25.2 Å². The minimum atomic E-state index is -0.115. The number of aromatic nitrogens is 1. The molecular formula is C19H23N3O2S. The Morgan fingerprint density at radius 2 is 1.96 bits per heavy atom. The maximum atomic E-state index is 12.6. The molecule has 0 bridgehead atoms. The number of carbonyl (C=O) groups excluding carboxylic acids is 2. The molecule has 1 saturated heterocycles. The number of thiazole rings is 1. The Bertz CT molecular complexity index is 779. The zero-order chi connectivity index (χ0) is 17.8. The van der Waals surface area contributed by atoms with Gasteiger partial charge in [-0.3, -0.25) is 9.59 Å². The van der Waals surface area contributed by atoms with Gasteiger partial charge >= 0.3 is 0 Å². The number of hydrogen-bond acceptors (Lipinski definition) is 4. The lowest BCUT2D eigenvalue weighted by atomic mass is 10.1. The van der Waals surface area contributed by atoms with Gasteiger partial charge in [0.1, 0.15) is 4.88 Å². The lowest BCUT2D eigenvalue weighted by Gasteiger charge is -2.26. The molecule has 0 atom stereocenters. The minimum absolute atomic E-state index is 0.0850. The Morgan fingerprint density at radius 1 is 1.20 bits per heavy atom. The van der Waals surface area contributed by atoms with Crippen LogP contribution in [-0.2, 0) is 6.54 Å². The molecule has 3 rings (SSSR count). The number of likely N-dealkylation sites (tertiary alicyclic amines) is 1. The molecule has 0 saturated carbocycles. The highest BCUT2D eigenvalue weighted by Crippen LogP contribution is 2.17. The van der Waals surface area contributed by atoms with Crippen molar-refractivity contribution >= 4 is 23.2 Å². The van der Waals surface area contributed by atoms with Crippen LogP contribution in [0.5, 0.6) is 0 Å². The molecular weight excluding hydrogens is 334 g/mol. The fourth-order valence-electron chi connectivity index (χ4n) is 3.10. The number of rotatable bonds is 4. The first-order valence-electron chi connectivity index (χ1n) is 8.65. The molecule has 1 aliphatic heterocycles. The van der Waals surface area contributed by atoms with Crippen LogP contribution in [0, 0.1) is 13.8 Å². The highest BCUT2D eigenvalue weighted by atomic mass is 32.1. The van der Waals surface area contributed by atoms with Crippen LogP contribution >= 0.6 is 11.3 Å². The molecule has 2 aromatic rings. The number of nitrogens with zero attached hydrogens (tertiary/aromatic N) is 2.